The Labute approximate surface area is 128 Å². The summed E-state index contributed by atoms with van der Waals surface area (Å²) < 4.78 is 0. The molecule has 1 unspecified atom stereocenters. The number of primary amides is 1. The average Bonchev–Trinajstić information content (AvgIpc) is 2.66. The Morgan fingerprint density at radius 2 is 2.10 bits per heavy atom. The van der Waals surface area contributed by atoms with Crippen molar-refractivity contribution in [2.45, 2.75) is 38.3 Å². The number of hydrogen-bond donors (Lipinski definition) is 2. The van der Waals surface area contributed by atoms with Gasteiger partial charge in [0.15, 0.2) is 0 Å². The first-order valence-electron chi connectivity index (χ1n) is 7.04. The molecule has 21 heavy (non-hydrogen) atoms. The number of benzene rings is 1. The van der Waals surface area contributed by atoms with Crippen molar-refractivity contribution in [1.29, 1.82) is 0 Å². The maximum absolute atomic E-state index is 11.4. The van der Waals surface area contributed by atoms with Crippen LogP contribution in [0.15, 0.2) is 18.2 Å². The topological polar surface area (TPSA) is 83.6 Å². The SMILES string of the molecule is NC(=O)c1ccc(CN2CCCCCC2C(=O)O)c(Cl)c1. The number of amides is 1. The van der Waals surface area contributed by atoms with Gasteiger partial charge in [0, 0.05) is 17.1 Å². The van der Waals surface area contributed by atoms with Gasteiger partial charge < -0.3 is 10.8 Å². The van der Waals surface area contributed by atoms with Crippen molar-refractivity contribution in [2.24, 2.45) is 5.73 Å². The van der Waals surface area contributed by atoms with Crippen LogP contribution in [0.1, 0.15) is 41.6 Å². The van der Waals surface area contributed by atoms with Crippen LogP contribution in [0.2, 0.25) is 5.02 Å². The van der Waals surface area contributed by atoms with Gasteiger partial charge in [0.1, 0.15) is 6.04 Å². The number of likely N-dealkylation sites (tertiary alicyclic amines) is 1. The van der Waals surface area contributed by atoms with Gasteiger partial charge in [0.2, 0.25) is 5.91 Å². The van der Waals surface area contributed by atoms with Crippen LogP contribution in [-0.2, 0) is 11.3 Å². The fourth-order valence-electron chi connectivity index (χ4n) is 2.68. The molecule has 1 aliphatic rings. The molecule has 0 aliphatic carbocycles. The summed E-state index contributed by atoms with van der Waals surface area (Å²) in [6, 6.07) is 4.43. The van der Waals surface area contributed by atoms with Crippen LogP contribution >= 0.6 is 11.6 Å². The summed E-state index contributed by atoms with van der Waals surface area (Å²) in [5, 5.41) is 9.81. The molecule has 1 atom stereocenters. The number of carboxylic acid groups (broad SMARTS) is 1. The van der Waals surface area contributed by atoms with Gasteiger partial charge in [-0.2, -0.15) is 0 Å². The van der Waals surface area contributed by atoms with Crippen molar-refractivity contribution in [3.05, 3.63) is 34.3 Å². The Morgan fingerprint density at radius 3 is 2.71 bits per heavy atom. The lowest BCUT2D eigenvalue weighted by Crippen LogP contribution is -2.40. The van der Waals surface area contributed by atoms with E-state index in [1.54, 1.807) is 12.1 Å². The van der Waals surface area contributed by atoms with Crippen LogP contribution in [0.25, 0.3) is 0 Å². The van der Waals surface area contributed by atoms with Crippen molar-refractivity contribution in [3.63, 3.8) is 0 Å². The van der Waals surface area contributed by atoms with Gasteiger partial charge in [0.05, 0.1) is 0 Å². The van der Waals surface area contributed by atoms with Gasteiger partial charge in [0.25, 0.3) is 0 Å². The molecule has 5 nitrogen and oxygen atoms in total. The molecule has 6 heteroatoms. The fourth-order valence-corrected chi connectivity index (χ4v) is 2.92. The zero-order chi connectivity index (χ0) is 15.4. The van der Waals surface area contributed by atoms with E-state index in [-0.39, 0.29) is 0 Å². The second-order valence-electron chi connectivity index (χ2n) is 5.34. The summed E-state index contributed by atoms with van der Waals surface area (Å²) in [5.41, 5.74) is 6.38. The maximum atomic E-state index is 11.4. The van der Waals surface area contributed by atoms with E-state index in [0.717, 1.165) is 31.4 Å². The van der Waals surface area contributed by atoms with Crippen molar-refractivity contribution in [2.75, 3.05) is 6.54 Å². The van der Waals surface area contributed by atoms with Gasteiger partial charge in [-0.1, -0.05) is 30.5 Å². The van der Waals surface area contributed by atoms with Crippen molar-refractivity contribution >= 4 is 23.5 Å². The highest BCUT2D eigenvalue weighted by Gasteiger charge is 2.27. The van der Waals surface area contributed by atoms with E-state index in [9.17, 15) is 14.7 Å². The first-order valence-corrected chi connectivity index (χ1v) is 7.42. The number of carboxylic acids is 1. The highest BCUT2D eigenvalue weighted by atomic mass is 35.5. The van der Waals surface area contributed by atoms with Gasteiger partial charge in [-0.15, -0.1) is 0 Å². The summed E-state index contributed by atoms with van der Waals surface area (Å²) in [6.45, 7) is 1.21. The molecular weight excluding hydrogens is 292 g/mol. The van der Waals surface area contributed by atoms with Crippen LogP contribution in [-0.4, -0.2) is 34.5 Å². The molecule has 1 saturated heterocycles. The molecule has 1 aromatic rings. The van der Waals surface area contributed by atoms with E-state index >= 15 is 0 Å². The highest BCUT2D eigenvalue weighted by Crippen LogP contribution is 2.24. The largest absolute Gasteiger partial charge is 0.480 e. The minimum atomic E-state index is -0.790. The predicted octanol–water partition coefficient (Wildman–Crippen LogP) is 2.27. The molecule has 2 rings (SSSR count). The standard InChI is InChI=1S/C15H19ClN2O3/c16-12-8-10(14(17)19)5-6-11(12)9-18-7-3-1-2-4-13(18)15(20)21/h5-6,8,13H,1-4,7,9H2,(H2,17,19)(H,20,21). The molecule has 0 bridgehead atoms. The molecular formula is C15H19ClN2O3. The number of halogens is 1. The van der Waals surface area contributed by atoms with E-state index < -0.39 is 17.9 Å². The van der Waals surface area contributed by atoms with Gasteiger partial charge in [-0.25, -0.2) is 0 Å². The van der Waals surface area contributed by atoms with Crippen LogP contribution in [0.4, 0.5) is 0 Å². The number of nitrogens with zero attached hydrogens (tertiary/aromatic N) is 1. The molecule has 1 fully saturated rings. The number of carbonyl (C=O) groups excluding carboxylic acids is 1. The lowest BCUT2D eigenvalue weighted by atomic mass is 10.1. The molecule has 1 aromatic carbocycles. The average molecular weight is 311 g/mol. The summed E-state index contributed by atoms with van der Waals surface area (Å²) in [6.07, 6.45) is 3.63. The molecule has 0 spiro atoms. The number of hydrogen-bond acceptors (Lipinski definition) is 3. The number of carbonyl (C=O) groups is 2. The third-order valence-corrected chi connectivity index (χ3v) is 4.21. The third-order valence-electron chi connectivity index (χ3n) is 3.86. The highest BCUT2D eigenvalue weighted by molar-refractivity contribution is 6.31. The quantitative estimate of drug-likeness (QED) is 0.893. The first kappa shape index (κ1) is 15.8. The Morgan fingerprint density at radius 1 is 1.33 bits per heavy atom. The van der Waals surface area contributed by atoms with Crippen LogP contribution < -0.4 is 5.73 Å². The maximum Gasteiger partial charge on any atom is 0.320 e. The number of nitrogens with two attached hydrogens (primary N) is 1. The minimum absolute atomic E-state index is 0.356. The molecule has 1 amide bonds. The normalized spacial score (nSPS) is 20.0. The van der Waals surface area contributed by atoms with Gasteiger partial charge in [-0.05, 0) is 37.1 Å². The molecule has 0 saturated carbocycles. The second-order valence-corrected chi connectivity index (χ2v) is 5.75. The molecule has 1 aliphatic heterocycles. The van der Waals surface area contributed by atoms with E-state index in [2.05, 4.69) is 0 Å². The van der Waals surface area contributed by atoms with E-state index in [1.165, 1.54) is 6.07 Å². The summed E-state index contributed by atoms with van der Waals surface area (Å²) in [7, 11) is 0. The number of aliphatic carboxylic acids is 1. The predicted molar refractivity (Wildman–Crippen MR) is 80.3 cm³/mol. The van der Waals surface area contributed by atoms with E-state index in [0.29, 0.717) is 23.6 Å². The Bertz CT molecular complexity index is 548. The van der Waals surface area contributed by atoms with Crippen LogP contribution in [0.5, 0.6) is 0 Å². The summed E-state index contributed by atoms with van der Waals surface area (Å²) in [5.74, 6) is -1.32. The minimum Gasteiger partial charge on any atom is -0.480 e. The molecule has 3 N–H and O–H groups in total. The van der Waals surface area contributed by atoms with Crippen molar-refractivity contribution in [3.8, 4) is 0 Å². The molecule has 0 radical (unpaired) electrons. The number of rotatable bonds is 4. The second kappa shape index (κ2) is 6.91. The Balaban J connectivity index is 2.18. The van der Waals surface area contributed by atoms with Gasteiger partial charge in [-0.3, -0.25) is 14.5 Å². The molecule has 114 valence electrons. The van der Waals surface area contributed by atoms with Crippen molar-refractivity contribution in [1.82, 2.24) is 4.90 Å². The lowest BCUT2D eigenvalue weighted by Gasteiger charge is -2.27. The summed E-state index contributed by atoms with van der Waals surface area (Å²) >= 11 is 6.18. The Kier molecular flexibility index (Phi) is 5.20. The van der Waals surface area contributed by atoms with Crippen LogP contribution in [0, 0.1) is 0 Å². The Hall–Kier alpha value is -1.59. The van der Waals surface area contributed by atoms with Crippen LogP contribution in [0.3, 0.4) is 0 Å². The van der Waals surface area contributed by atoms with Crippen molar-refractivity contribution < 1.29 is 14.7 Å². The first-order chi connectivity index (χ1) is 9.99. The van der Waals surface area contributed by atoms with E-state index in [1.807, 2.05) is 4.90 Å². The van der Waals surface area contributed by atoms with Gasteiger partial charge >= 0.3 is 5.97 Å². The van der Waals surface area contributed by atoms with E-state index in [4.69, 9.17) is 17.3 Å². The zero-order valence-electron chi connectivity index (χ0n) is 11.7. The monoisotopic (exact) mass is 310 g/mol. The molecule has 0 aromatic heterocycles. The summed E-state index contributed by atoms with van der Waals surface area (Å²) in [4.78, 5) is 24.5. The molecule has 1 heterocycles. The fraction of sp³-hybridized carbons (Fsp3) is 0.467. The smallest absolute Gasteiger partial charge is 0.320 e. The lowest BCUT2D eigenvalue weighted by molar-refractivity contribution is -0.143. The third kappa shape index (κ3) is 3.95. The zero-order valence-corrected chi connectivity index (χ0v) is 12.5.